The molecule has 4 atom stereocenters. The summed E-state index contributed by atoms with van der Waals surface area (Å²) in [5.41, 5.74) is 0.904. The van der Waals surface area contributed by atoms with E-state index in [-0.39, 0.29) is 11.9 Å². The van der Waals surface area contributed by atoms with E-state index in [4.69, 9.17) is 9.47 Å². The molecule has 34 heavy (non-hydrogen) atoms. The summed E-state index contributed by atoms with van der Waals surface area (Å²) < 4.78 is 11.7. The molecule has 4 unspecified atom stereocenters. The summed E-state index contributed by atoms with van der Waals surface area (Å²) in [6.45, 7) is 11.5. The van der Waals surface area contributed by atoms with Gasteiger partial charge in [0.2, 0.25) is 0 Å². The molecule has 0 spiro atoms. The fraction of sp³-hybridized carbons (Fsp3) is 0.500. The molecular formula is C24H30O4S6. The van der Waals surface area contributed by atoms with Gasteiger partial charge in [-0.25, -0.2) is 9.59 Å². The third-order valence-corrected chi connectivity index (χ3v) is 14.5. The van der Waals surface area contributed by atoms with Crippen LogP contribution in [0.2, 0.25) is 0 Å². The smallest absolute Gasteiger partial charge is 0.333 e. The number of thioether (sulfide) groups is 6. The lowest BCUT2D eigenvalue weighted by atomic mass is 10.4. The summed E-state index contributed by atoms with van der Waals surface area (Å²) in [4.78, 5) is 25.9. The van der Waals surface area contributed by atoms with Crippen molar-refractivity contribution in [2.75, 3.05) is 36.2 Å². The quantitative estimate of drug-likeness (QED) is 0.158. The molecule has 186 valence electrons. The molecule has 2 fully saturated rings. The average molecular weight is 575 g/mol. The van der Waals surface area contributed by atoms with Crippen molar-refractivity contribution in [1.82, 2.24) is 0 Å². The molecule has 1 aromatic carbocycles. The standard InChI is InChI=1S/C24H30O4S6/c1-15(2)23(25)27-9-17-11-31-21(33-17)13-29-19-7-5-6-8-20(19)30-14-22-32-12-18(34-22)10-28-24(26)16(3)4/h5-8,17-18,21-22H,1,3,9-14H2,2,4H3. The van der Waals surface area contributed by atoms with Crippen LogP contribution in [0, 0.1) is 0 Å². The Morgan fingerprint density at radius 3 is 1.65 bits per heavy atom. The summed E-state index contributed by atoms with van der Waals surface area (Å²) in [5.74, 6) is 3.48. The zero-order valence-electron chi connectivity index (χ0n) is 19.4. The number of hydrogen-bond donors (Lipinski definition) is 0. The minimum absolute atomic E-state index is 0.299. The first kappa shape index (κ1) is 28.3. The van der Waals surface area contributed by atoms with Crippen molar-refractivity contribution in [1.29, 1.82) is 0 Å². The van der Waals surface area contributed by atoms with Crippen LogP contribution in [-0.2, 0) is 19.1 Å². The lowest BCUT2D eigenvalue weighted by Gasteiger charge is -2.14. The van der Waals surface area contributed by atoms with Crippen LogP contribution in [0.25, 0.3) is 0 Å². The minimum Gasteiger partial charge on any atom is -0.461 e. The van der Waals surface area contributed by atoms with Crippen molar-refractivity contribution in [3.63, 3.8) is 0 Å². The Morgan fingerprint density at radius 1 is 0.853 bits per heavy atom. The van der Waals surface area contributed by atoms with Gasteiger partial charge in [-0.1, -0.05) is 25.3 Å². The predicted octanol–water partition coefficient (Wildman–Crippen LogP) is 6.46. The van der Waals surface area contributed by atoms with Crippen molar-refractivity contribution in [2.24, 2.45) is 0 Å². The Labute approximate surface area is 228 Å². The van der Waals surface area contributed by atoms with Gasteiger partial charge in [-0.05, 0) is 26.0 Å². The fourth-order valence-electron chi connectivity index (χ4n) is 2.95. The van der Waals surface area contributed by atoms with Gasteiger partial charge >= 0.3 is 11.9 Å². The molecule has 3 rings (SSSR count). The van der Waals surface area contributed by atoms with E-state index in [1.165, 1.54) is 9.79 Å². The number of rotatable bonds is 12. The SMILES string of the molecule is C=C(C)C(=O)OCC1CSC(CSc2ccccc2SCC2SCC(COC(=O)C(=C)C)S2)S1. The van der Waals surface area contributed by atoms with E-state index in [0.717, 1.165) is 23.0 Å². The average Bonchev–Trinajstić information content (AvgIpc) is 3.47. The Hall–Kier alpha value is -0.260. The van der Waals surface area contributed by atoms with E-state index in [0.29, 0.717) is 44.0 Å². The second-order valence-electron chi connectivity index (χ2n) is 7.87. The summed E-state index contributed by atoms with van der Waals surface area (Å²) in [6.07, 6.45) is 0. The number of benzene rings is 1. The highest BCUT2D eigenvalue weighted by molar-refractivity contribution is 8.22. The second-order valence-corrected chi connectivity index (χ2v) is 16.1. The lowest BCUT2D eigenvalue weighted by molar-refractivity contribution is -0.139. The molecule has 0 bridgehead atoms. The maximum atomic E-state index is 11.6. The van der Waals surface area contributed by atoms with Gasteiger partial charge < -0.3 is 9.47 Å². The number of hydrogen-bond acceptors (Lipinski definition) is 10. The highest BCUT2D eigenvalue weighted by Gasteiger charge is 2.29. The zero-order chi connectivity index (χ0) is 24.5. The molecular weight excluding hydrogens is 545 g/mol. The van der Waals surface area contributed by atoms with Crippen molar-refractivity contribution in [2.45, 2.75) is 43.3 Å². The highest BCUT2D eigenvalue weighted by Crippen LogP contribution is 2.44. The van der Waals surface area contributed by atoms with Crippen LogP contribution in [-0.4, -0.2) is 67.8 Å². The van der Waals surface area contributed by atoms with Crippen molar-refractivity contribution in [3.8, 4) is 0 Å². The first-order chi connectivity index (χ1) is 16.3. The Morgan fingerprint density at radius 2 is 1.26 bits per heavy atom. The van der Waals surface area contributed by atoms with Crippen LogP contribution in [0.15, 0.2) is 58.4 Å². The van der Waals surface area contributed by atoms with Crippen LogP contribution in [0.4, 0.5) is 0 Å². The van der Waals surface area contributed by atoms with E-state index < -0.39 is 0 Å². The molecule has 2 aliphatic heterocycles. The zero-order valence-corrected chi connectivity index (χ0v) is 24.3. The first-order valence-corrected chi connectivity index (χ1v) is 16.8. The van der Waals surface area contributed by atoms with Crippen molar-refractivity contribution < 1.29 is 19.1 Å². The van der Waals surface area contributed by atoms with E-state index in [9.17, 15) is 9.59 Å². The van der Waals surface area contributed by atoms with Crippen molar-refractivity contribution in [3.05, 3.63) is 48.6 Å². The molecule has 0 radical (unpaired) electrons. The van der Waals surface area contributed by atoms with Gasteiger partial charge in [-0.3, -0.25) is 0 Å². The fourth-order valence-corrected chi connectivity index (χ4v) is 12.3. The van der Waals surface area contributed by atoms with Gasteiger partial charge in [0.1, 0.15) is 13.2 Å². The van der Waals surface area contributed by atoms with Gasteiger partial charge in [-0.15, -0.1) is 70.6 Å². The molecule has 0 amide bonds. The van der Waals surface area contributed by atoms with E-state index in [1.54, 1.807) is 13.8 Å². The molecule has 1 aromatic rings. The Kier molecular flexibility index (Phi) is 12.1. The van der Waals surface area contributed by atoms with E-state index >= 15 is 0 Å². The predicted molar refractivity (Wildman–Crippen MR) is 155 cm³/mol. The minimum atomic E-state index is -0.299. The molecule has 2 aliphatic rings. The molecule has 4 nitrogen and oxygen atoms in total. The first-order valence-electron chi connectivity index (χ1n) is 10.9. The molecule has 2 saturated heterocycles. The van der Waals surface area contributed by atoms with Crippen LogP contribution in [0.3, 0.4) is 0 Å². The van der Waals surface area contributed by atoms with Crippen LogP contribution < -0.4 is 0 Å². The molecule has 0 N–H and O–H groups in total. The monoisotopic (exact) mass is 574 g/mol. The van der Waals surface area contributed by atoms with Gasteiger partial charge in [0.15, 0.2) is 0 Å². The topological polar surface area (TPSA) is 52.6 Å². The van der Waals surface area contributed by atoms with Crippen LogP contribution in [0.1, 0.15) is 13.8 Å². The lowest BCUT2D eigenvalue weighted by Crippen LogP contribution is -2.16. The Balaban J connectivity index is 1.39. The van der Waals surface area contributed by atoms with Crippen molar-refractivity contribution >= 4 is 82.5 Å². The maximum Gasteiger partial charge on any atom is 0.333 e. The normalized spacial score (nSPS) is 24.1. The Bertz CT molecular complexity index is 821. The van der Waals surface area contributed by atoms with Gasteiger partial charge in [0, 0.05) is 54.4 Å². The van der Waals surface area contributed by atoms with Gasteiger partial charge in [0.25, 0.3) is 0 Å². The van der Waals surface area contributed by atoms with Gasteiger partial charge in [-0.2, -0.15) is 0 Å². The molecule has 0 aliphatic carbocycles. The molecule has 0 aromatic heterocycles. The molecule has 0 saturated carbocycles. The summed E-state index contributed by atoms with van der Waals surface area (Å²) >= 11 is 11.5. The third-order valence-electron chi connectivity index (χ3n) is 4.72. The number of ether oxygens (including phenoxy) is 2. The summed E-state index contributed by atoms with van der Waals surface area (Å²) in [7, 11) is 0. The maximum absolute atomic E-state index is 11.6. The number of esters is 2. The molecule has 10 heteroatoms. The van der Waals surface area contributed by atoms with Crippen LogP contribution >= 0.6 is 70.6 Å². The second kappa shape index (κ2) is 14.5. The van der Waals surface area contributed by atoms with Crippen LogP contribution in [0.5, 0.6) is 0 Å². The number of carbonyl (C=O) groups is 2. The number of carbonyl (C=O) groups excluding carboxylic acids is 2. The highest BCUT2D eigenvalue weighted by atomic mass is 32.2. The largest absolute Gasteiger partial charge is 0.461 e. The third kappa shape index (κ3) is 9.32. The summed E-state index contributed by atoms with van der Waals surface area (Å²) in [5, 5.41) is 0.699. The van der Waals surface area contributed by atoms with E-state index in [1.807, 2.05) is 70.6 Å². The van der Waals surface area contributed by atoms with Gasteiger partial charge in [0.05, 0.1) is 9.16 Å². The summed E-state index contributed by atoms with van der Waals surface area (Å²) in [6, 6.07) is 8.62. The molecule has 2 heterocycles. The van der Waals surface area contributed by atoms with E-state index in [2.05, 4.69) is 37.4 Å².